The molecule has 91 heavy (non-hydrogen) atoms. The number of hydrogen-bond acceptors (Lipinski definition) is 15. The molecular formula is C72H140O17P2. The summed E-state index contributed by atoms with van der Waals surface area (Å²) in [5, 5.41) is 10.6. The number of carbonyl (C=O) groups is 4. The zero-order valence-electron chi connectivity index (χ0n) is 59.0. The van der Waals surface area contributed by atoms with E-state index < -0.39 is 97.5 Å². The van der Waals surface area contributed by atoms with Gasteiger partial charge in [0.25, 0.3) is 0 Å². The van der Waals surface area contributed by atoms with Crippen LogP contribution in [0.2, 0.25) is 0 Å². The van der Waals surface area contributed by atoms with Crippen LogP contribution in [0, 0.1) is 5.92 Å². The summed E-state index contributed by atoms with van der Waals surface area (Å²) in [5.41, 5.74) is 0. The lowest BCUT2D eigenvalue weighted by Gasteiger charge is -2.21. The first-order chi connectivity index (χ1) is 44.0. The van der Waals surface area contributed by atoms with E-state index in [1.54, 1.807) is 0 Å². The fraction of sp³-hybridized carbons (Fsp3) is 0.944. The van der Waals surface area contributed by atoms with Crippen LogP contribution in [-0.4, -0.2) is 96.7 Å². The van der Waals surface area contributed by atoms with Crippen molar-refractivity contribution in [3.63, 3.8) is 0 Å². The third-order valence-corrected chi connectivity index (χ3v) is 18.7. The Morgan fingerprint density at radius 2 is 0.505 bits per heavy atom. The van der Waals surface area contributed by atoms with E-state index >= 15 is 0 Å². The molecule has 0 spiro atoms. The monoisotopic (exact) mass is 1340 g/mol. The molecule has 0 saturated carbocycles. The molecular weight excluding hydrogens is 1200 g/mol. The minimum atomic E-state index is -4.95. The van der Waals surface area contributed by atoms with Crippen molar-refractivity contribution in [2.45, 2.75) is 393 Å². The van der Waals surface area contributed by atoms with Gasteiger partial charge in [-0.25, -0.2) is 9.13 Å². The van der Waals surface area contributed by atoms with Crippen molar-refractivity contribution >= 4 is 39.5 Å². The van der Waals surface area contributed by atoms with Crippen LogP contribution < -0.4 is 0 Å². The average Bonchev–Trinajstić information content (AvgIpc) is 3.51. The predicted molar refractivity (Wildman–Crippen MR) is 368 cm³/mol. The second-order valence-electron chi connectivity index (χ2n) is 26.5. The summed E-state index contributed by atoms with van der Waals surface area (Å²) in [7, 11) is -9.89. The molecule has 0 bridgehead atoms. The molecule has 0 aliphatic heterocycles. The lowest BCUT2D eigenvalue weighted by molar-refractivity contribution is -0.161. The fourth-order valence-electron chi connectivity index (χ4n) is 11.0. The summed E-state index contributed by atoms with van der Waals surface area (Å²) in [6, 6.07) is 0. The summed E-state index contributed by atoms with van der Waals surface area (Å²) in [6.45, 7) is 7.24. The second kappa shape index (κ2) is 65.4. The maximum atomic E-state index is 13.1. The van der Waals surface area contributed by atoms with Crippen molar-refractivity contribution in [3.8, 4) is 0 Å². The van der Waals surface area contributed by atoms with Gasteiger partial charge in [0.2, 0.25) is 0 Å². The van der Waals surface area contributed by atoms with Crippen LogP contribution in [0.5, 0.6) is 0 Å². The van der Waals surface area contributed by atoms with Crippen LogP contribution in [0.25, 0.3) is 0 Å². The van der Waals surface area contributed by atoms with E-state index in [1.165, 1.54) is 186 Å². The molecule has 0 amide bonds. The summed E-state index contributed by atoms with van der Waals surface area (Å²) in [4.78, 5) is 72.4. The molecule has 0 aromatic carbocycles. The maximum Gasteiger partial charge on any atom is 0.472 e. The molecule has 5 atom stereocenters. The lowest BCUT2D eigenvalue weighted by Crippen LogP contribution is -2.30. The number of esters is 4. The van der Waals surface area contributed by atoms with Gasteiger partial charge in [-0.3, -0.25) is 37.3 Å². The van der Waals surface area contributed by atoms with E-state index in [-0.39, 0.29) is 25.7 Å². The first kappa shape index (κ1) is 89.1. The molecule has 0 aliphatic rings. The third kappa shape index (κ3) is 66.5. The number of hydrogen-bond donors (Lipinski definition) is 3. The van der Waals surface area contributed by atoms with Gasteiger partial charge in [-0.15, -0.1) is 0 Å². The number of phosphoric ester groups is 2. The highest BCUT2D eigenvalue weighted by atomic mass is 31.2. The number of phosphoric acid groups is 2. The highest BCUT2D eigenvalue weighted by Crippen LogP contribution is 2.45. The second-order valence-corrected chi connectivity index (χ2v) is 29.4. The Balaban J connectivity index is 5.16. The van der Waals surface area contributed by atoms with Crippen molar-refractivity contribution in [2.75, 3.05) is 39.6 Å². The third-order valence-electron chi connectivity index (χ3n) is 16.8. The Kier molecular flexibility index (Phi) is 64.0. The number of carbonyl (C=O) groups excluding carboxylic acids is 4. The van der Waals surface area contributed by atoms with E-state index in [4.69, 9.17) is 37.0 Å². The molecule has 0 saturated heterocycles. The quantitative estimate of drug-likeness (QED) is 0.0222. The number of aliphatic hydroxyl groups is 1. The largest absolute Gasteiger partial charge is 0.472 e. The van der Waals surface area contributed by atoms with Crippen molar-refractivity contribution in [1.82, 2.24) is 0 Å². The van der Waals surface area contributed by atoms with Gasteiger partial charge in [0.15, 0.2) is 12.2 Å². The first-order valence-corrected chi connectivity index (χ1v) is 40.6. The zero-order valence-corrected chi connectivity index (χ0v) is 60.8. The number of rotatable bonds is 72. The van der Waals surface area contributed by atoms with Crippen LogP contribution in [0.3, 0.4) is 0 Å². The Morgan fingerprint density at radius 1 is 0.297 bits per heavy atom. The molecule has 0 fully saturated rings. The number of ether oxygens (including phenoxy) is 4. The first-order valence-electron chi connectivity index (χ1n) is 37.6. The van der Waals surface area contributed by atoms with E-state index in [9.17, 15) is 43.2 Å². The summed E-state index contributed by atoms with van der Waals surface area (Å²) < 4.78 is 68.2. The highest BCUT2D eigenvalue weighted by molar-refractivity contribution is 7.47. The van der Waals surface area contributed by atoms with Crippen LogP contribution in [0.15, 0.2) is 0 Å². The molecule has 3 N–H and O–H groups in total. The van der Waals surface area contributed by atoms with Crippen molar-refractivity contribution < 1.29 is 80.2 Å². The van der Waals surface area contributed by atoms with Crippen molar-refractivity contribution in [2.24, 2.45) is 5.92 Å². The van der Waals surface area contributed by atoms with Gasteiger partial charge in [0, 0.05) is 25.7 Å². The van der Waals surface area contributed by atoms with Crippen LogP contribution >= 0.6 is 15.6 Å². The van der Waals surface area contributed by atoms with Gasteiger partial charge in [-0.2, -0.15) is 0 Å². The summed E-state index contributed by atoms with van der Waals surface area (Å²) in [5.74, 6) is -1.32. The zero-order chi connectivity index (χ0) is 67.0. The number of unbranched alkanes of at least 4 members (excludes halogenated alkanes) is 44. The SMILES string of the molecule is CCCCCCCCCCCCCCCCCCC(=O)OC[C@H](COP(=O)(O)OC[C@@H](O)COP(=O)(O)OC[C@@H](COC(=O)CCCCCCCCCC)OC(=O)CCCCCCCCCC)OC(=O)CCCCCCCCCCCCCCCCCCC(C)C. The van der Waals surface area contributed by atoms with E-state index in [0.29, 0.717) is 25.7 Å². The summed E-state index contributed by atoms with van der Waals surface area (Å²) >= 11 is 0. The molecule has 2 unspecified atom stereocenters. The van der Waals surface area contributed by atoms with Crippen LogP contribution in [0.4, 0.5) is 0 Å². The minimum Gasteiger partial charge on any atom is -0.462 e. The van der Waals surface area contributed by atoms with Crippen LogP contribution in [0.1, 0.15) is 375 Å². The maximum absolute atomic E-state index is 13.1. The molecule has 17 nitrogen and oxygen atoms in total. The minimum absolute atomic E-state index is 0.105. The van der Waals surface area contributed by atoms with Gasteiger partial charge in [-0.1, -0.05) is 324 Å². The molecule has 0 heterocycles. The van der Waals surface area contributed by atoms with Crippen molar-refractivity contribution in [3.05, 3.63) is 0 Å². The normalized spacial score (nSPS) is 14.0. The molecule has 0 aliphatic carbocycles. The van der Waals surface area contributed by atoms with Crippen LogP contribution in [-0.2, 0) is 65.4 Å². The Morgan fingerprint density at radius 3 is 0.747 bits per heavy atom. The number of aliphatic hydroxyl groups excluding tert-OH is 1. The van der Waals surface area contributed by atoms with Gasteiger partial charge < -0.3 is 33.8 Å². The van der Waals surface area contributed by atoms with Gasteiger partial charge in [0.1, 0.15) is 19.3 Å². The lowest BCUT2D eigenvalue weighted by atomic mass is 10.0. The average molecular weight is 1340 g/mol. The Hall–Kier alpha value is -1.94. The predicted octanol–water partition coefficient (Wildman–Crippen LogP) is 20.9. The highest BCUT2D eigenvalue weighted by Gasteiger charge is 2.30. The molecule has 0 aromatic heterocycles. The smallest absolute Gasteiger partial charge is 0.462 e. The van der Waals surface area contributed by atoms with Gasteiger partial charge in [-0.05, 0) is 31.6 Å². The Labute approximate surface area is 556 Å². The molecule has 540 valence electrons. The molecule has 19 heteroatoms. The molecule has 0 aromatic rings. The van der Waals surface area contributed by atoms with E-state index in [2.05, 4.69) is 34.6 Å². The van der Waals surface area contributed by atoms with Crippen molar-refractivity contribution in [1.29, 1.82) is 0 Å². The molecule has 0 rings (SSSR count). The molecule has 0 radical (unpaired) electrons. The van der Waals surface area contributed by atoms with E-state index in [1.807, 2.05) is 0 Å². The van der Waals surface area contributed by atoms with Gasteiger partial charge in [0.05, 0.1) is 26.4 Å². The summed E-state index contributed by atoms with van der Waals surface area (Å²) in [6.07, 6.45) is 52.9. The fourth-order valence-corrected chi connectivity index (χ4v) is 12.6. The Bertz CT molecular complexity index is 1750. The topological polar surface area (TPSA) is 237 Å². The van der Waals surface area contributed by atoms with Gasteiger partial charge >= 0.3 is 39.5 Å². The van der Waals surface area contributed by atoms with E-state index in [0.717, 1.165) is 109 Å². The standard InChI is InChI=1S/C72H140O17P2/c1-6-9-12-15-18-21-22-23-24-28-31-34-37-42-46-51-56-70(75)83-62-68(89-72(77)58-53-48-43-38-35-32-29-26-25-27-30-33-36-39-44-49-54-65(4)5)64-87-91(80,81)85-60-66(73)59-84-90(78,79)86-63-67(88-71(76)57-52-47-41-20-17-14-11-8-3)61-82-69(74)55-50-45-40-19-16-13-10-7-2/h65-68,73H,6-64H2,1-5H3,(H,78,79)(H,80,81)/t66-,67+,68+/m0/s1.